The Labute approximate surface area is 156 Å². The molecule has 0 bridgehead atoms. The summed E-state index contributed by atoms with van der Waals surface area (Å²) in [5.41, 5.74) is 2.59. The molecule has 3 heterocycles. The van der Waals surface area contributed by atoms with Crippen LogP contribution in [0.25, 0.3) is 5.65 Å². The van der Waals surface area contributed by atoms with Crippen molar-refractivity contribution in [1.82, 2.24) is 19.5 Å². The van der Waals surface area contributed by atoms with Crippen LogP contribution in [0.5, 0.6) is 0 Å². The van der Waals surface area contributed by atoms with E-state index in [0.29, 0.717) is 12.2 Å². The number of hydrogen-bond donors (Lipinski definition) is 1. The number of rotatable bonds is 4. The Bertz CT molecular complexity index is 946. The molecule has 1 aromatic carbocycles. The third-order valence-electron chi connectivity index (χ3n) is 4.70. The molecule has 140 valence electrons. The number of nitrogens with zero attached hydrogens (tertiary/aromatic N) is 5. The molecule has 27 heavy (non-hydrogen) atoms. The second kappa shape index (κ2) is 7.32. The number of carbonyl (C=O) groups excluding carboxylic acids is 1. The number of benzene rings is 1. The van der Waals surface area contributed by atoms with Gasteiger partial charge in [0.15, 0.2) is 5.65 Å². The van der Waals surface area contributed by atoms with E-state index in [1.54, 1.807) is 18.5 Å². The van der Waals surface area contributed by atoms with E-state index in [4.69, 9.17) is 0 Å². The second-order valence-electron chi connectivity index (χ2n) is 6.74. The summed E-state index contributed by atoms with van der Waals surface area (Å²) in [6.45, 7) is 5.54. The van der Waals surface area contributed by atoms with Crippen molar-refractivity contribution in [3.05, 3.63) is 54.1 Å². The number of fused-ring (bicyclic) bond motifs is 1. The topological polar surface area (TPSA) is 65.8 Å². The van der Waals surface area contributed by atoms with Crippen LogP contribution in [0.1, 0.15) is 5.56 Å². The molecule has 0 spiro atoms. The van der Waals surface area contributed by atoms with Gasteiger partial charge in [0, 0.05) is 31.9 Å². The van der Waals surface area contributed by atoms with Gasteiger partial charge in [-0.1, -0.05) is 0 Å². The zero-order valence-electron chi connectivity index (χ0n) is 15.1. The summed E-state index contributed by atoms with van der Waals surface area (Å²) in [6, 6.07) is 9.91. The normalized spacial score (nSPS) is 15.3. The fourth-order valence-corrected chi connectivity index (χ4v) is 3.33. The molecule has 7 nitrogen and oxygen atoms in total. The molecule has 1 saturated heterocycles. The number of halogens is 1. The highest BCUT2D eigenvalue weighted by atomic mass is 19.1. The highest BCUT2D eigenvalue weighted by molar-refractivity contribution is 5.92. The van der Waals surface area contributed by atoms with Gasteiger partial charge in [0.25, 0.3) is 0 Å². The van der Waals surface area contributed by atoms with Gasteiger partial charge in [-0.2, -0.15) is 9.61 Å². The number of nitrogens with one attached hydrogen (secondary N) is 1. The van der Waals surface area contributed by atoms with Crippen molar-refractivity contribution >= 4 is 23.1 Å². The van der Waals surface area contributed by atoms with Crippen molar-refractivity contribution in [1.29, 1.82) is 0 Å². The SMILES string of the molecule is Cc1cc(N2CCN(CC(=O)Nc3ccc(F)cc3)CC2)n2ncnc2c1. The van der Waals surface area contributed by atoms with Crippen LogP contribution < -0.4 is 10.2 Å². The number of aromatic nitrogens is 3. The minimum Gasteiger partial charge on any atom is -0.354 e. The van der Waals surface area contributed by atoms with Gasteiger partial charge in [0.2, 0.25) is 5.91 Å². The molecule has 0 saturated carbocycles. The third-order valence-corrected chi connectivity index (χ3v) is 4.70. The molecule has 3 aromatic rings. The smallest absolute Gasteiger partial charge is 0.238 e. The van der Waals surface area contributed by atoms with E-state index in [1.165, 1.54) is 12.1 Å². The molecule has 1 N–H and O–H groups in total. The monoisotopic (exact) mass is 368 g/mol. The minimum atomic E-state index is -0.318. The molecule has 1 aliphatic rings. The van der Waals surface area contributed by atoms with Gasteiger partial charge in [-0.15, -0.1) is 0 Å². The van der Waals surface area contributed by atoms with Crippen molar-refractivity contribution in [2.75, 3.05) is 42.9 Å². The molecule has 8 heteroatoms. The van der Waals surface area contributed by atoms with Gasteiger partial charge in [-0.05, 0) is 48.9 Å². The maximum absolute atomic E-state index is 12.9. The molecule has 0 radical (unpaired) electrons. The largest absolute Gasteiger partial charge is 0.354 e. The average Bonchev–Trinajstić information content (AvgIpc) is 3.12. The lowest BCUT2D eigenvalue weighted by Crippen LogP contribution is -2.49. The molecule has 0 aliphatic carbocycles. The van der Waals surface area contributed by atoms with E-state index < -0.39 is 0 Å². The number of carbonyl (C=O) groups is 1. The Hall–Kier alpha value is -3.00. The Morgan fingerprint density at radius 3 is 2.63 bits per heavy atom. The van der Waals surface area contributed by atoms with E-state index in [9.17, 15) is 9.18 Å². The van der Waals surface area contributed by atoms with Gasteiger partial charge in [-0.3, -0.25) is 9.69 Å². The third kappa shape index (κ3) is 3.90. The highest BCUT2D eigenvalue weighted by Gasteiger charge is 2.21. The van der Waals surface area contributed by atoms with Crippen LogP contribution in [0.2, 0.25) is 0 Å². The molecule has 0 unspecified atom stereocenters. The number of anilines is 2. The van der Waals surface area contributed by atoms with E-state index in [0.717, 1.165) is 43.2 Å². The number of piperazine rings is 1. The van der Waals surface area contributed by atoms with Crippen LogP contribution in [0, 0.1) is 12.7 Å². The van der Waals surface area contributed by atoms with Gasteiger partial charge >= 0.3 is 0 Å². The molecule has 4 rings (SSSR count). The summed E-state index contributed by atoms with van der Waals surface area (Å²) in [5, 5.41) is 7.12. The first kappa shape index (κ1) is 17.4. The Kier molecular flexibility index (Phi) is 4.72. The van der Waals surface area contributed by atoms with Crippen molar-refractivity contribution in [2.24, 2.45) is 0 Å². The molecular weight excluding hydrogens is 347 g/mol. The van der Waals surface area contributed by atoms with Crippen LogP contribution >= 0.6 is 0 Å². The van der Waals surface area contributed by atoms with Gasteiger partial charge in [-0.25, -0.2) is 9.37 Å². The van der Waals surface area contributed by atoms with Crippen LogP contribution in [0.15, 0.2) is 42.7 Å². The Morgan fingerprint density at radius 1 is 1.15 bits per heavy atom. The highest BCUT2D eigenvalue weighted by Crippen LogP contribution is 2.19. The van der Waals surface area contributed by atoms with Crippen LogP contribution in [-0.2, 0) is 4.79 Å². The van der Waals surface area contributed by atoms with Crippen molar-refractivity contribution in [3.63, 3.8) is 0 Å². The van der Waals surface area contributed by atoms with Crippen LogP contribution in [-0.4, -0.2) is 58.1 Å². The maximum atomic E-state index is 12.9. The summed E-state index contributed by atoms with van der Waals surface area (Å²) in [4.78, 5) is 20.9. The lowest BCUT2D eigenvalue weighted by molar-refractivity contribution is -0.117. The van der Waals surface area contributed by atoms with Gasteiger partial charge in [0.1, 0.15) is 18.0 Å². The van der Waals surface area contributed by atoms with Gasteiger partial charge < -0.3 is 10.2 Å². The summed E-state index contributed by atoms with van der Waals surface area (Å²) < 4.78 is 14.8. The summed E-state index contributed by atoms with van der Waals surface area (Å²) >= 11 is 0. The van der Waals surface area contributed by atoms with Crippen molar-refractivity contribution in [2.45, 2.75) is 6.92 Å². The van der Waals surface area contributed by atoms with Crippen LogP contribution in [0.4, 0.5) is 15.9 Å². The number of hydrogen-bond acceptors (Lipinski definition) is 5. The van der Waals surface area contributed by atoms with E-state index in [1.807, 2.05) is 17.5 Å². The fraction of sp³-hybridized carbons (Fsp3) is 0.316. The summed E-state index contributed by atoms with van der Waals surface area (Å²) in [6.07, 6.45) is 1.56. The van der Waals surface area contributed by atoms with E-state index in [-0.39, 0.29) is 11.7 Å². The first-order chi connectivity index (χ1) is 13.1. The Balaban J connectivity index is 1.35. The van der Waals surface area contributed by atoms with E-state index >= 15 is 0 Å². The number of amides is 1. The quantitative estimate of drug-likeness (QED) is 0.762. The zero-order chi connectivity index (χ0) is 18.8. The molecule has 1 amide bonds. The summed E-state index contributed by atoms with van der Waals surface area (Å²) in [5.74, 6) is 0.615. The standard InChI is InChI=1S/C19H21FN6O/c1-14-10-17-21-13-22-26(17)19(11-14)25-8-6-24(7-9-25)12-18(27)23-16-4-2-15(20)3-5-16/h2-5,10-11,13H,6-9,12H2,1H3,(H,23,27). The molecule has 0 atom stereocenters. The van der Waals surface area contributed by atoms with Crippen LogP contribution in [0.3, 0.4) is 0 Å². The molecule has 1 fully saturated rings. The lowest BCUT2D eigenvalue weighted by Gasteiger charge is -2.35. The summed E-state index contributed by atoms with van der Waals surface area (Å²) in [7, 11) is 0. The van der Waals surface area contributed by atoms with E-state index in [2.05, 4.69) is 31.3 Å². The fourth-order valence-electron chi connectivity index (χ4n) is 3.33. The number of pyridine rings is 1. The predicted molar refractivity (Wildman–Crippen MR) is 101 cm³/mol. The predicted octanol–water partition coefficient (Wildman–Crippen LogP) is 1.94. The molecule has 2 aromatic heterocycles. The first-order valence-corrected chi connectivity index (χ1v) is 8.91. The zero-order valence-corrected chi connectivity index (χ0v) is 15.1. The number of aryl methyl sites for hydroxylation is 1. The Morgan fingerprint density at radius 2 is 1.89 bits per heavy atom. The minimum absolute atomic E-state index is 0.0933. The lowest BCUT2D eigenvalue weighted by atomic mass is 10.2. The maximum Gasteiger partial charge on any atom is 0.238 e. The van der Waals surface area contributed by atoms with Crippen molar-refractivity contribution < 1.29 is 9.18 Å². The second-order valence-corrected chi connectivity index (χ2v) is 6.74. The first-order valence-electron chi connectivity index (χ1n) is 8.91. The molecule has 1 aliphatic heterocycles. The molecular formula is C19H21FN6O. The van der Waals surface area contributed by atoms with Gasteiger partial charge in [0.05, 0.1) is 6.54 Å². The average molecular weight is 368 g/mol. The van der Waals surface area contributed by atoms with Crippen molar-refractivity contribution in [3.8, 4) is 0 Å².